The Hall–Kier alpha value is -2.53. The monoisotopic (exact) mass is 343 g/mol. The number of hydrogen-bond donors (Lipinski definition) is 1. The predicted molar refractivity (Wildman–Crippen MR) is 97.0 cm³/mol. The highest BCUT2D eigenvalue weighted by molar-refractivity contribution is 5.71. The molecular formula is C20H25NO4. The molecule has 0 unspecified atom stereocenters. The number of nitrogens with one attached hydrogen (secondary N) is 1. The van der Waals surface area contributed by atoms with Crippen LogP contribution in [-0.4, -0.2) is 26.8 Å². The molecule has 0 aliphatic heterocycles. The molecule has 0 fully saturated rings. The van der Waals surface area contributed by atoms with Crippen LogP contribution < -0.4 is 14.8 Å². The topological polar surface area (TPSA) is 56.8 Å². The highest BCUT2D eigenvalue weighted by Crippen LogP contribution is 2.25. The van der Waals surface area contributed by atoms with Crippen LogP contribution in [0.5, 0.6) is 11.5 Å². The van der Waals surface area contributed by atoms with Crippen LogP contribution in [0.4, 0.5) is 0 Å². The van der Waals surface area contributed by atoms with Crippen molar-refractivity contribution in [3.63, 3.8) is 0 Å². The first-order valence-corrected chi connectivity index (χ1v) is 8.17. The zero-order valence-electron chi connectivity index (χ0n) is 15.2. The Kier molecular flexibility index (Phi) is 6.83. The van der Waals surface area contributed by atoms with Gasteiger partial charge in [-0.3, -0.25) is 0 Å². The molecule has 0 aliphatic carbocycles. The molecule has 1 N–H and O–H groups in total. The fourth-order valence-corrected chi connectivity index (χ4v) is 2.65. The number of benzene rings is 2. The first kappa shape index (κ1) is 18.8. The van der Waals surface area contributed by atoms with E-state index in [1.807, 2.05) is 38.1 Å². The van der Waals surface area contributed by atoms with Gasteiger partial charge in [0.15, 0.2) is 6.61 Å². The van der Waals surface area contributed by atoms with Gasteiger partial charge in [0.1, 0.15) is 11.5 Å². The Morgan fingerprint density at radius 2 is 1.56 bits per heavy atom. The van der Waals surface area contributed by atoms with E-state index in [4.69, 9.17) is 9.47 Å². The number of carbonyl (C=O) groups excluding carboxylic acids is 1. The SMILES string of the molecule is COC(=O)COc1c(C)cc(CNCc2ccc(OC)cc2)cc1C. The maximum Gasteiger partial charge on any atom is 0.343 e. The summed E-state index contributed by atoms with van der Waals surface area (Å²) in [7, 11) is 3.01. The van der Waals surface area contributed by atoms with Crippen LogP contribution in [0.15, 0.2) is 36.4 Å². The average Bonchev–Trinajstić information content (AvgIpc) is 2.61. The van der Waals surface area contributed by atoms with E-state index in [0.29, 0.717) is 0 Å². The van der Waals surface area contributed by atoms with Gasteiger partial charge in [-0.25, -0.2) is 4.79 Å². The van der Waals surface area contributed by atoms with Gasteiger partial charge in [0.25, 0.3) is 0 Å². The minimum Gasteiger partial charge on any atom is -0.497 e. The molecule has 2 aromatic carbocycles. The van der Waals surface area contributed by atoms with Crippen molar-refractivity contribution in [3.8, 4) is 11.5 Å². The van der Waals surface area contributed by atoms with Crippen LogP contribution in [0, 0.1) is 13.8 Å². The third kappa shape index (κ3) is 5.50. The van der Waals surface area contributed by atoms with Crippen molar-refractivity contribution < 1.29 is 19.0 Å². The van der Waals surface area contributed by atoms with Crippen molar-refractivity contribution in [1.29, 1.82) is 0 Å². The lowest BCUT2D eigenvalue weighted by Gasteiger charge is -2.14. The molecule has 0 radical (unpaired) electrons. The quantitative estimate of drug-likeness (QED) is 0.746. The molecule has 0 aromatic heterocycles. The van der Waals surface area contributed by atoms with Crippen molar-refractivity contribution in [2.75, 3.05) is 20.8 Å². The fourth-order valence-electron chi connectivity index (χ4n) is 2.65. The van der Waals surface area contributed by atoms with E-state index in [0.717, 1.165) is 35.7 Å². The van der Waals surface area contributed by atoms with Gasteiger partial charge < -0.3 is 19.5 Å². The van der Waals surface area contributed by atoms with E-state index in [1.165, 1.54) is 18.2 Å². The lowest BCUT2D eigenvalue weighted by atomic mass is 10.1. The zero-order chi connectivity index (χ0) is 18.2. The molecule has 134 valence electrons. The van der Waals surface area contributed by atoms with Gasteiger partial charge in [0, 0.05) is 13.1 Å². The molecule has 0 saturated heterocycles. The Morgan fingerprint density at radius 1 is 0.960 bits per heavy atom. The van der Waals surface area contributed by atoms with Gasteiger partial charge in [0.2, 0.25) is 0 Å². The second-order valence-electron chi connectivity index (χ2n) is 5.88. The summed E-state index contributed by atoms with van der Waals surface area (Å²) < 4.78 is 15.3. The minimum atomic E-state index is -0.385. The van der Waals surface area contributed by atoms with Crippen LogP contribution in [0.1, 0.15) is 22.3 Å². The first-order valence-electron chi connectivity index (χ1n) is 8.17. The number of esters is 1. The number of methoxy groups -OCH3 is 2. The van der Waals surface area contributed by atoms with Gasteiger partial charge in [-0.15, -0.1) is 0 Å². The van der Waals surface area contributed by atoms with Gasteiger partial charge in [-0.2, -0.15) is 0 Å². The van der Waals surface area contributed by atoms with Crippen molar-refractivity contribution in [1.82, 2.24) is 5.32 Å². The summed E-state index contributed by atoms with van der Waals surface area (Å²) in [5.74, 6) is 1.21. The highest BCUT2D eigenvalue weighted by Gasteiger charge is 2.09. The van der Waals surface area contributed by atoms with E-state index >= 15 is 0 Å². The van der Waals surface area contributed by atoms with Gasteiger partial charge in [-0.05, 0) is 48.2 Å². The third-order valence-corrected chi connectivity index (χ3v) is 3.90. The molecule has 0 spiro atoms. The summed E-state index contributed by atoms with van der Waals surface area (Å²) in [4.78, 5) is 11.2. The van der Waals surface area contributed by atoms with Crippen LogP contribution in [0.3, 0.4) is 0 Å². The van der Waals surface area contributed by atoms with Crippen molar-refractivity contribution in [3.05, 3.63) is 58.7 Å². The smallest absolute Gasteiger partial charge is 0.343 e. The first-order chi connectivity index (χ1) is 12.0. The van der Waals surface area contributed by atoms with Crippen LogP contribution >= 0.6 is 0 Å². The van der Waals surface area contributed by atoms with Crippen LogP contribution in [-0.2, 0) is 22.6 Å². The standard InChI is InChI=1S/C20H25NO4/c1-14-9-17(10-15(2)20(14)25-13-19(22)24-4)12-21-11-16-5-7-18(23-3)8-6-16/h5-10,21H,11-13H2,1-4H3. The molecule has 0 saturated carbocycles. The average molecular weight is 343 g/mol. The maximum atomic E-state index is 11.2. The Labute approximate surface area is 148 Å². The number of ether oxygens (including phenoxy) is 3. The summed E-state index contributed by atoms with van der Waals surface area (Å²) in [6, 6.07) is 12.1. The molecule has 2 rings (SSSR count). The van der Waals surface area contributed by atoms with Gasteiger partial charge in [-0.1, -0.05) is 24.3 Å². The molecule has 0 amide bonds. The fraction of sp³-hybridized carbons (Fsp3) is 0.350. The second kappa shape index (κ2) is 9.08. The van der Waals surface area contributed by atoms with E-state index in [1.54, 1.807) is 7.11 Å². The molecule has 0 atom stereocenters. The second-order valence-corrected chi connectivity index (χ2v) is 5.88. The van der Waals surface area contributed by atoms with E-state index in [9.17, 15) is 4.79 Å². The molecular weight excluding hydrogens is 318 g/mol. The normalized spacial score (nSPS) is 10.4. The number of aryl methyl sites for hydroxylation is 2. The molecule has 2 aromatic rings. The molecule has 5 heteroatoms. The summed E-state index contributed by atoms with van der Waals surface area (Å²) in [5, 5.41) is 3.43. The third-order valence-electron chi connectivity index (χ3n) is 3.90. The number of hydrogen-bond acceptors (Lipinski definition) is 5. The lowest BCUT2D eigenvalue weighted by Crippen LogP contribution is -2.15. The van der Waals surface area contributed by atoms with Gasteiger partial charge in [0.05, 0.1) is 14.2 Å². The zero-order valence-corrected chi connectivity index (χ0v) is 15.2. The van der Waals surface area contributed by atoms with Crippen LogP contribution in [0.2, 0.25) is 0 Å². The van der Waals surface area contributed by atoms with Gasteiger partial charge >= 0.3 is 5.97 Å². The lowest BCUT2D eigenvalue weighted by molar-refractivity contribution is -0.142. The highest BCUT2D eigenvalue weighted by atomic mass is 16.6. The van der Waals surface area contributed by atoms with E-state index < -0.39 is 0 Å². The molecule has 0 aliphatic rings. The Morgan fingerprint density at radius 3 is 2.12 bits per heavy atom. The van der Waals surface area contributed by atoms with E-state index in [-0.39, 0.29) is 12.6 Å². The van der Waals surface area contributed by atoms with Crippen molar-refractivity contribution in [2.24, 2.45) is 0 Å². The van der Waals surface area contributed by atoms with Crippen LogP contribution in [0.25, 0.3) is 0 Å². The predicted octanol–water partition coefficient (Wildman–Crippen LogP) is 3.15. The summed E-state index contributed by atoms with van der Waals surface area (Å²) in [5.41, 5.74) is 4.39. The summed E-state index contributed by atoms with van der Waals surface area (Å²) in [6.45, 7) is 5.42. The maximum absolute atomic E-state index is 11.2. The number of rotatable bonds is 8. The van der Waals surface area contributed by atoms with Crippen molar-refractivity contribution in [2.45, 2.75) is 26.9 Å². The van der Waals surface area contributed by atoms with E-state index in [2.05, 4.69) is 22.2 Å². The Bertz CT molecular complexity index is 687. The minimum absolute atomic E-state index is 0.0761. The molecule has 0 heterocycles. The molecule has 25 heavy (non-hydrogen) atoms. The number of carbonyl (C=O) groups is 1. The molecule has 0 bridgehead atoms. The van der Waals surface area contributed by atoms with Crippen molar-refractivity contribution >= 4 is 5.97 Å². The Balaban J connectivity index is 1.92. The summed E-state index contributed by atoms with van der Waals surface area (Å²) in [6.07, 6.45) is 0. The molecule has 5 nitrogen and oxygen atoms in total. The largest absolute Gasteiger partial charge is 0.497 e. The summed E-state index contributed by atoms with van der Waals surface area (Å²) >= 11 is 0.